The van der Waals surface area contributed by atoms with Crippen molar-refractivity contribution in [2.75, 3.05) is 11.5 Å². The molecule has 2 aliphatic carbocycles. The second kappa shape index (κ2) is 7.82. The van der Waals surface area contributed by atoms with Crippen molar-refractivity contribution in [2.45, 2.75) is 9.79 Å². The Kier molecular flexibility index (Phi) is 4.44. The standard InChI is InChI=1S/C34H20N2O2S/c35-25-15-17-7-5-13-23-27(17)29(19-9-1-3-11-21(19)31(23)37)33(25)39-34-26(36)16-18-8-6-14-24-28(18)30(34)20-10-2-4-12-22(20)32(24)38/h1-16H,35-36H2. The summed E-state index contributed by atoms with van der Waals surface area (Å²) in [4.78, 5) is 28.6. The van der Waals surface area contributed by atoms with Crippen LogP contribution in [0.3, 0.4) is 0 Å². The zero-order valence-electron chi connectivity index (χ0n) is 20.6. The van der Waals surface area contributed by atoms with Gasteiger partial charge in [-0.2, -0.15) is 0 Å². The van der Waals surface area contributed by atoms with Crippen LogP contribution in [0.15, 0.2) is 107 Å². The molecule has 0 aliphatic heterocycles. The van der Waals surface area contributed by atoms with Gasteiger partial charge in [-0.05, 0) is 34.0 Å². The molecule has 0 fully saturated rings. The fraction of sp³-hybridized carbons (Fsp3) is 0. The Morgan fingerprint density at radius 1 is 0.462 bits per heavy atom. The van der Waals surface area contributed by atoms with E-state index in [2.05, 4.69) is 0 Å². The average molecular weight is 521 g/mol. The molecule has 5 heteroatoms. The number of rotatable bonds is 2. The summed E-state index contributed by atoms with van der Waals surface area (Å²) in [5.74, 6) is 0.0311. The highest BCUT2D eigenvalue weighted by atomic mass is 32.2. The van der Waals surface area contributed by atoms with Crippen LogP contribution in [0.4, 0.5) is 11.4 Å². The van der Waals surface area contributed by atoms with E-state index >= 15 is 0 Å². The third-order valence-electron chi connectivity index (χ3n) is 7.87. The van der Waals surface area contributed by atoms with Crippen LogP contribution in [-0.2, 0) is 0 Å². The van der Waals surface area contributed by atoms with Gasteiger partial charge in [-0.25, -0.2) is 0 Å². The van der Waals surface area contributed by atoms with Crippen molar-refractivity contribution >= 4 is 56.2 Å². The summed E-state index contributed by atoms with van der Waals surface area (Å²) in [6.07, 6.45) is 0. The molecule has 184 valence electrons. The number of hydrogen-bond donors (Lipinski definition) is 2. The summed E-state index contributed by atoms with van der Waals surface area (Å²) in [5.41, 5.74) is 21.1. The molecule has 4 nitrogen and oxygen atoms in total. The largest absolute Gasteiger partial charge is 0.398 e. The van der Waals surface area contributed by atoms with Gasteiger partial charge in [-0.1, -0.05) is 96.7 Å². The van der Waals surface area contributed by atoms with Crippen LogP contribution in [-0.4, -0.2) is 11.6 Å². The van der Waals surface area contributed by atoms with E-state index in [4.69, 9.17) is 11.5 Å². The quantitative estimate of drug-likeness (QED) is 0.228. The first-order valence-corrected chi connectivity index (χ1v) is 13.5. The molecule has 0 saturated heterocycles. The molecule has 0 amide bonds. The minimum atomic E-state index is 0.0156. The minimum absolute atomic E-state index is 0.0156. The van der Waals surface area contributed by atoms with Crippen molar-refractivity contribution in [2.24, 2.45) is 0 Å². The number of anilines is 2. The Morgan fingerprint density at radius 2 is 0.846 bits per heavy atom. The van der Waals surface area contributed by atoms with Crippen molar-refractivity contribution in [1.29, 1.82) is 0 Å². The molecule has 0 radical (unpaired) electrons. The van der Waals surface area contributed by atoms with Crippen molar-refractivity contribution in [3.63, 3.8) is 0 Å². The van der Waals surface area contributed by atoms with Crippen LogP contribution in [0.1, 0.15) is 31.8 Å². The van der Waals surface area contributed by atoms with Crippen LogP contribution in [0.5, 0.6) is 0 Å². The zero-order valence-corrected chi connectivity index (χ0v) is 21.4. The lowest BCUT2D eigenvalue weighted by Crippen LogP contribution is -2.12. The maximum Gasteiger partial charge on any atom is 0.194 e. The van der Waals surface area contributed by atoms with Gasteiger partial charge in [-0.3, -0.25) is 9.59 Å². The lowest BCUT2D eigenvalue weighted by Gasteiger charge is -2.26. The predicted octanol–water partition coefficient (Wildman–Crippen LogP) is 7.73. The Bertz CT molecular complexity index is 1960. The molecule has 39 heavy (non-hydrogen) atoms. The van der Waals surface area contributed by atoms with Gasteiger partial charge in [0.25, 0.3) is 0 Å². The third-order valence-corrected chi connectivity index (χ3v) is 9.16. The van der Waals surface area contributed by atoms with Gasteiger partial charge in [-0.15, -0.1) is 0 Å². The van der Waals surface area contributed by atoms with E-state index in [1.807, 2.05) is 97.1 Å². The Labute approximate surface area is 228 Å². The van der Waals surface area contributed by atoms with Crippen molar-refractivity contribution in [1.82, 2.24) is 0 Å². The van der Waals surface area contributed by atoms with Gasteiger partial charge < -0.3 is 11.5 Å². The highest BCUT2D eigenvalue weighted by molar-refractivity contribution is 8.00. The normalized spacial score (nSPS) is 13.0. The van der Waals surface area contributed by atoms with Gasteiger partial charge >= 0.3 is 0 Å². The van der Waals surface area contributed by atoms with E-state index in [1.54, 1.807) is 0 Å². The number of fused-ring (bicyclic) bond motifs is 4. The first-order valence-electron chi connectivity index (χ1n) is 12.7. The number of nitrogens with two attached hydrogens (primary N) is 2. The molecular weight excluding hydrogens is 500 g/mol. The number of nitrogen functional groups attached to an aromatic ring is 2. The van der Waals surface area contributed by atoms with Crippen LogP contribution in [0.25, 0.3) is 43.8 Å². The summed E-state index contributed by atoms with van der Waals surface area (Å²) >= 11 is 1.52. The number of carbonyl (C=O) groups is 2. The third kappa shape index (κ3) is 2.90. The van der Waals surface area contributed by atoms with E-state index in [9.17, 15) is 9.59 Å². The van der Waals surface area contributed by atoms with Crippen molar-refractivity contribution in [3.05, 3.63) is 119 Å². The number of hydrogen-bond acceptors (Lipinski definition) is 5. The molecule has 0 unspecified atom stereocenters. The molecule has 2 aliphatic rings. The van der Waals surface area contributed by atoms with E-state index in [0.29, 0.717) is 33.6 Å². The summed E-state index contributed by atoms with van der Waals surface area (Å²) in [6, 6.07) is 30.9. The summed E-state index contributed by atoms with van der Waals surface area (Å²) < 4.78 is 0. The Morgan fingerprint density at radius 3 is 1.28 bits per heavy atom. The van der Waals surface area contributed by atoms with Crippen molar-refractivity contribution in [3.8, 4) is 22.3 Å². The summed E-state index contributed by atoms with van der Waals surface area (Å²) in [6.45, 7) is 0. The molecule has 0 atom stereocenters. The average Bonchev–Trinajstić information content (AvgIpc) is 2.96. The van der Waals surface area contributed by atoms with Gasteiger partial charge in [0.2, 0.25) is 0 Å². The molecule has 6 aromatic carbocycles. The van der Waals surface area contributed by atoms with Crippen molar-refractivity contribution < 1.29 is 9.59 Å². The molecule has 0 heterocycles. The maximum atomic E-state index is 13.5. The summed E-state index contributed by atoms with van der Waals surface area (Å²) in [7, 11) is 0. The van der Waals surface area contributed by atoms with Crippen LogP contribution >= 0.6 is 11.8 Å². The maximum absolute atomic E-state index is 13.5. The highest BCUT2D eigenvalue weighted by Crippen LogP contribution is 2.54. The van der Waals surface area contributed by atoms with Crippen LogP contribution < -0.4 is 11.5 Å². The second-order valence-electron chi connectivity index (χ2n) is 10.00. The first kappa shape index (κ1) is 22.1. The number of ketones is 2. The molecule has 4 N–H and O–H groups in total. The number of carbonyl (C=O) groups excluding carboxylic acids is 2. The van der Waals surface area contributed by atoms with Gasteiger partial charge in [0.15, 0.2) is 11.6 Å². The van der Waals surface area contributed by atoms with Crippen LogP contribution in [0.2, 0.25) is 0 Å². The molecular formula is C34H20N2O2S. The molecule has 0 spiro atoms. The fourth-order valence-electron chi connectivity index (χ4n) is 6.22. The van der Waals surface area contributed by atoms with E-state index in [-0.39, 0.29) is 11.6 Å². The SMILES string of the molecule is Nc1cc2cccc3c2c(c1Sc1c(N)cc2cccc4c2c1-c1ccccc1C4=O)-c1ccccc1C3=O. The topological polar surface area (TPSA) is 86.2 Å². The second-order valence-corrected chi connectivity index (χ2v) is 11.0. The minimum Gasteiger partial charge on any atom is -0.398 e. The zero-order chi connectivity index (χ0) is 26.4. The van der Waals surface area contributed by atoms with Gasteiger partial charge in [0.1, 0.15) is 0 Å². The van der Waals surface area contributed by atoms with E-state index in [1.165, 1.54) is 11.8 Å². The molecule has 6 aromatic rings. The lowest BCUT2D eigenvalue weighted by atomic mass is 9.82. The van der Waals surface area contributed by atoms with Gasteiger partial charge in [0.05, 0.1) is 0 Å². The molecule has 8 rings (SSSR count). The number of benzene rings is 6. The Balaban J connectivity index is 1.48. The van der Waals surface area contributed by atoms with E-state index in [0.717, 1.165) is 53.6 Å². The Hall–Kier alpha value is -4.87. The lowest BCUT2D eigenvalue weighted by molar-refractivity contribution is 0.103. The van der Waals surface area contributed by atoms with E-state index < -0.39 is 0 Å². The monoisotopic (exact) mass is 520 g/mol. The van der Waals surface area contributed by atoms with Crippen LogP contribution in [0, 0.1) is 0 Å². The highest BCUT2D eigenvalue weighted by Gasteiger charge is 2.31. The molecule has 0 bridgehead atoms. The molecule has 0 aromatic heterocycles. The smallest absolute Gasteiger partial charge is 0.194 e. The van der Waals surface area contributed by atoms with Gasteiger partial charge in [0, 0.05) is 65.3 Å². The molecule has 0 saturated carbocycles. The predicted molar refractivity (Wildman–Crippen MR) is 159 cm³/mol. The first-order chi connectivity index (χ1) is 19.0. The fourth-order valence-corrected chi connectivity index (χ4v) is 7.41. The summed E-state index contributed by atoms with van der Waals surface area (Å²) in [5, 5.41) is 3.67.